The van der Waals surface area contributed by atoms with Gasteiger partial charge in [0.2, 0.25) is 0 Å². The quantitative estimate of drug-likeness (QED) is 0.620. The number of fused-ring (bicyclic) bond motifs is 1. The van der Waals surface area contributed by atoms with Crippen LogP contribution in [0.15, 0.2) is 47.8 Å². The van der Waals surface area contributed by atoms with Crippen LogP contribution in [-0.2, 0) is 11.2 Å². The number of hydrogen-bond donors (Lipinski definition) is 0. The third-order valence-electron chi connectivity index (χ3n) is 4.01. The van der Waals surface area contributed by atoms with Crippen LogP contribution in [0.3, 0.4) is 0 Å². The molecule has 132 valence electrons. The maximum Gasteiger partial charge on any atom is 0.338 e. The van der Waals surface area contributed by atoms with Gasteiger partial charge in [0.1, 0.15) is 12.4 Å². The Labute approximate surface area is 156 Å². The molecule has 1 aromatic carbocycles. The van der Waals surface area contributed by atoms with E-state index in [0.29, 0.717) is 17.8 Å². The first-order valence-corrected chi connectivity index (χ1v) is 9.12. The molecule has 0 aliphatic heterocycles. The van der Waals surface area contributed by atoms with E-state index in [9.17, 15) is 10.1 Å². The first-order chi connectivity index (χ1) is 12.6. The van der Waals surface area contributed by atoms with Gasteiger partial charge in [0.15, 0.2) is 0 Å². The molecule has 6 heteroatoms. The lowest BCUT2D eigenvalue weighted by Gasteiger charge is -2.15. The predicted octanol–water partition coefficient (Wildman–Crippen LogP) is 3.90. The molecule has 0 fully saturated rings. The van der Waals surface area contributed by atoms with Gasteiger partial charge in [-0.3, -0.25) is 0 Å². The fraction of sp³-hybridized carbons (Fsp3) is 0.250. The Balaban J connectivity index is 1.80. The first-order valence-electron chi connectivity index (χ1n) is 8.24. The first kappa shape index (κ1) is 17.9. The summed E-state index contributed by atoms with van der Waals surface area (Å²) < 4.78 is 5.47. The van der Waals surface area contributed by atoms with Crippen LogP contribution in [0.4, 0.5) is 5.82 Å². The summed E-state index contributed by atoms with van der Waals surface area (Å²) in [5.41, 5.74) is 1.20. The van der Waals surface area contributed by atoms with E-state index >= 15 is 0 Å². The second-order valence-corrected chi connectivity index (χ2v) is 7.18. The minimum absolute atomic E-state index is 0.0706. The van der Waals surface area contributed by atoms with Crippen LogP contribution < -0.4 is 4.90 Å². The molecule has 0 aliphatic carbocycles. The lowest BCUT2D eigenvalue weighted by Crippen LogP contribution is -2.17. The van der Waals surface area contributed by atoms with Crippen molar-refractivity contribution in [1.29, 1.82) is 5.26 Å². The fourth-order valence-electron chi connectivity index (χ4n) is 2.63. The summed E-state index contributed by atoms with van der Waals surface area (Å²) in [6, 6.07) is 15.4. The SMILES string of the molecule is CN(C)c1cc(C(=O)OC[C@@H](C#N)Cc2cccs2)c2ccccc2n1. The molecule has 2 heterocycles. The van der Waals surface area contributed by atoms with E-state index in [4.69, 9.17) is 4.74 Å². The Hall–Kier alpha value is -2.91. The molecular formula is C20H19N3O2S. The number of nitriles is 1. The van der Waals surface area contributed by atoms with Crippen LogP contribution in [0.5, 0.6) is 0 Å². The average Bonchev–Trinajstić information content (AvgIpc) is 3.16. The molecule has 0 saturated heterocycles. The Bertz CT molecular complexity index is 945. The summed E-state index contributed by atoms with van der Waals surface area (Å²) in [7, 11) is 3.75. The number of rotatable bonds is 6. The molecular weight excluding hydrogens is 346 g/mol. The van der Waals surface area contributed by atoms with E-state index in [-0.39, 0.29) is 12.5 Å². The minimum atomic E-state index is -0.432. The molecule has 3 aromatic rings. The van der Waals surface area contributed by atoms with E-state index < -0.39 is 5.97 Å². The Morgan fingerprint density at radius 3 is 2.81 bits per heavy atom. The second-order valence-electron chi connectivity index (χ2n) is 6.15. The van der Waals surface area contributed by atoms with Gasteiger partial charge < -0.3 is 9.64 Å². The molecule has 0 bridgehead atoms. The molecule has 0 spiro atoms. The summed E-state index contributed by atoms with van der Waals surface area (Å²) >= 11 is 1.60. The molecule has 0 radical (unpaired) electrons. The van der Waals surface area contributed by atoms with Crippen molar-refractivity contribution in [3.05, 3.63) is 58.3 Å². The molecule has 0 unspecified atom stereocenters. The number of ether oxygens (including phenoxy) is 1. The van der Waals surface area contributed by atoms with Gasteiger partial charge in [0, 0.05) is 30.8 Å². The molecule has 0 amide bonds. The highest BCUT2D eigenvalue weighted by atomic mass is 32.1. The lowest BCUT2D eigenvalue weighted by molar-refractivity contribution is 0.0471. The lowest BCUT2D eigenvalue weighted by atomic mass is 10.1. The number of pyridine rings is 1. The summed E-state index contributed by atoms with van der Waals surface area (Å²) in [5, 5.41) is 12.1. The van der Waals surface area contributed by atoms with Crippen LogP contribution in [0.2, 0.25) is 0 Å². The van der Waals surface area contributed by atoms with Gasteiger partial charge in [-0.15, -0.1) is 11.3 Å². The number of thiophene rings is 1. The van der Waals surface area contributed by atoms with Gasteiger partial charge in [0.05, 0.1) is 23.1 Å². The summed E-state index contributed by atoms with van der Waals surface area (Å²) in [5.74, 6) is -0.108. The average molecular weight is 365 g/mol. The summed E-state index contributed by atoms with van der Waals surface area (Å²) in [4.78, 5) is 20.2. The molecule has 0 saturated carbocycles. The third kappa shape index (κ3) is 4.01. The normalized spacial score (nSPS) is 11.7. The highest BCUT2D eigenvalue weighted by Crippen LogP contribution is 2.23. The van der Waals surface area contributed by atoms with Crippen molar-refractivity contribution >= 4 is 34.0 Å². The number of hydrogen-bond acceptors (Lipinski definition) is 6. The number of aromatic nitrogens is 1. The molecule has 5 nitrogen and oxygen atoms in total. The largest absolute Gasteiger partial charge is 0.461 e. The Morgan fingerprint density at radius 2 is 2.12 bits per heavy atom. The number of esters is 1. The van der Waals surface area contributed by atoms with E-state index in [0.717, 1.165) is 15.8 Å². The topological polar surface area (TPSA) is 66.2 Å². The smallest absolute Gasteiger partial charge is 0.338 e. The molecule has 0 aliphatic rings. The van der Waals surface area contributed by atoms with Crippen LogP contribution in [0.25, 0.3) is 10.9 Å². The standard InChI is InChI=1S/C20H19N3O2S/c1-23(2)19-11-17(16-7-3-4-8-18(16)22-19)20(24)25-13-14(12-21)10-15-6-5-9-26-15/h3-9,11,14H,10,13H2,1-2H3/t14-/m1/s1. The summed E-state index contributed by atoms with van der Waals surface area (Å²) in [6.07, 6.45) is 0.585. The van der Waals surface area contributed by atoms with Crippen LogP contribution in [0, 0.1) is 17.2 Å². The van der Waals surface area contributed by atoms with Crippen molar-refractivity contribution in [3.8, 4) is 6.07 Å². The monoisotopic (exact) mass is 365 g/mol. The second kappa shape index (κ2) is 7.98. The van der Waals surface area contributed by atoms with Crippen molar-refractivity contribution in [2.45, 2.75) is 6.42 Å². The number of anilines is 1. The number of carbonyl (C=O) groups is 1. The number of para-hydroxylation sites is 1. The van der Waals surface area contributed by atoms with Gasteiger partial charge in [-0.2, -0.15) is 5.26 Å². The van der Waals surface area contributed by atoms with Crippen molar-refractivity contribution in [2.24, 2.45) is 5.92 Å². The van der Waals surface area contributed by atoms with E-state index in [1.807, 2.05) is 60.8 Å². The van der Waals surface area contributed by atoms with Crippen LogP contribution in [-0.4, -0.2) is 31.7 Å². The number of benzene rings is 1. The third-order valence-corrected chi connectivity index (χ3v) is 4.91. The zero-order valence-electron chi connectivity index (χ0n) is 14.7. The number of nitrogens with zero attached hydrogens (tertiary/aromatic N) is 3. The molecule has 2 aromatic heterocycles. The van der Waals surface area contributed by atoms with Crippen LogP contribution >= 0.6 is 11.3 Å². The molecule has 1 atom stereocenters. The minimum Gasteiger partial charge on any atom is -0.461 e. The highest BCUT2D eigenvalue weighted by molar-refractivity contribution is 7.09. The maximum absolute atomic E-state index is 12.7. The van der Waals surface area contributed by atoms with Crippen molar-refractivity contribution in [1.82, 2.24) is 4.98 Å². The van der Waals surface area contributed by atoms with E-state index in [1.54, 1.807) is 17.4 Å². The molecule has 3 rings (SSSR count). The molecule has 26 heavy (non-hydrogen) atoms. The van der Waals surface area contributed by atoms with Crippen molar-refractivity contribution in [2.75, 3.05) is 25.6 Å². The summed E-state index contributed by atoms with van der Waals surface area (Å²) in [6.45, 7) is 0.0706. The molecule has 0 N–H and O–H groups in total. The van der Waals surface area contributed by atoms with E-state index in [1.165, 1.54) is 0 Å². The zero-order valence-corrected chi connectivity index (χ0v) is 15.5. The predicted molar refractivity (Wildman–Crippen MR) is 103 cm³/mol. The van der Waals surface area contributed by atoms with Gasteiger partial charge in [-0.05, 0) is 23.6 Å². The van der Waals surface area contributed by atoms with E-state index in [2.05, 4.69) is 11.1 Å². The van der Waals surface area contributed by atoms with Gasteiger partial charge >= 0.3 is 5.97 Å². The van der Waals surface area contributed by atoms with Gasteiger partial charge in [-0.1, -0.05) is 24.3 Å². The van der Waals surface area contributed by atoms with Crippen LogP contribution in [0.1, 0.15) is 15.2 Å². The maximum atomic E-state index is 12.7. The van der Waals surface area contributed by atoms with Crippen molar-refractivity contribution in [3.63, 3.8) is 0 Å². The van der Waals surface area contributed by atoms with Crippen molar-refractivity contribution < 1.29 is 9.53 Å². The Morgan fingerprint density at radius 1 is 1.31 bits per heavy atom. The highest BCUT2D eigenvalue weighted by Gasteiger charge is 2.18. The zero-order chi connectivity index (χ0) is 18.5. The fourth-order valence-corrected chi connectivity index (χ4v) is 3.41. The van der Waals surface area contributed by atoms with Gasteiger partial charge in [-0.25, -0.2) is 9.78 Å². The Kier molecular flexibility index (Phi) is 5.49. The number of carbonyl (C=O) groups excluding carboxylic acids is 1. The van der Waals surface area contributed by atoms with Gasteiger partial charge in [0.25, 0.3) is 0 Å².